The highest BCUT2D eigenvalue weighted by atomic mass is 35.5. The van der Waals surface area contributed by atoms with E-state index in [1.165, 1.54) is 6.20 Å². The van der Waals surface area contributed by atoms with Crippen LogP contribution in [0.2, 0.25) is 10.0 Å². The van der Waals surface area contributed by atoms with Crippen molar-refractivity contribution in [1.82, 2.24) is 4.98 Å². The average Bonchev–Trinajstić information content (AvgIpc) is 2.66. The number of pyridine rings is 1. The lowest BCUT2D eigenvalue weighted by Gasteiger charge is -2.10. The Morgan fingerprint density at radius 3 is 2.33 bits per heavy atom. The molecule has 0 aliphatic rings. The normalized spacial score (nSPS) is 10.2. The molecule has 0 spiro atoms. The molecule has 3 rings (SSSR count). The van der Waals surface area contributed by atoms with Gasteiger partial charge in [0, 0.05) is 17.8 Å². The van der Waals surface area contributed by atoms with Gasteiger partial charge in [-0.3, -0.25) is 0 Å². The van der Waals surface area contributed by atoms with E-state index in [2.05, 4.69) is 15.6 Å². The number of nitrogens with zero attached hydrogens (tertiary/aromatic N) is 1. The molecule has 138 valence electrons. The Morgan fingerprint density at radius 1 is 0.963 bits per heavy atom. The van der Waals surface area contributed by atoms with Gasteiger partial charge in [-0.2, -0.15) is 0 Å². The molecule has 0 aliphatic heterocycles. The Morgan fingerprint density at radius 2 is 1.67 bits per heavy atom. The maximum absolute atomic E-state index is 12.1. The Balaban J connectivity index is 1.62. The van der Waals surface area contributed by atoms with Crippen molar-refractivity contribution in [3.05, 3.63) is 70.8 Å². The summed E-state index contributed by atoms with van der Waals surface area (Å²) in [5, 5.41) is 6.15. The predicted molar refractivity (Wildman–Crippen MR) is 106 cm³/mol. The molecule has 0 radical (unpaired) electrons. The summed E-state index contributed by atoms with van der Waals surface area (Å²) in [4.78, 5) is 16.2. The number of carbonyl (C=O) groups is 1. The molecule has 1 heterocycles. The zero-order valence-electron chi connectivity index (χ0n) is 14.2. The molecule has 0 atom stereocenters. The second-order valence-electron chi connectivity index (χ2n) is 5.35. The number of amides is 2. The smallest absolute Gasteiger partial charge is 0.323 e. The molecular formula is C19H15Cl2N3O3. The van der Waals surface area contributed by atoms with Crippen molar-refractivity contribution in [3.63, 3.8) is 0 Å². The van der Waals surface area contributed by atoms with Crippen molar-refractivity contribution in [2.24, 2.45) is 0 Å². The van der Waals surface area contributed by atoms with Crippen LogP contribution in [-0.4, -0.2) is 18.1 Å². The van der Waals surface area contributed by atoms with E-state index >= 15 is 0 Å². The Hall–Kier alpha value is -2.96. The Labute approximate surface area is 166 Å². The number of urea groups is 1. The first kappa shape index (κ1) is 18.8. The third kappa shape index (κ3) is 5.03. The van der Waals surface area contributed by atoms with Crippen molar-refractivity contribution in [2.75, 3.05) is 17.7 Å². The monoisotopic (exact) mass is 403 g/mol. The van der Waals surface area contributed by atoms with Crippen LogP contribution in [-0.2, 0) is 0 Å². The fourth-order valence-electron chi connectivity index (χ4n) is 2.19. The van der Waals surface area contributed by atoms with Crippen LogP contribution in [0.15, 0.2) is 60.8 Å². The van der Waals surface area contributed by atoms with Gasteiger partial charge >= 0.3 is 6.03 Å². The first-order chi connectivity index (χ1) is 13.0. The molecule has 0 saturated carbocycles. The first-order valence-corrected chi connectivity index (χ1v) is 8.61. The summed E-state index contributed by atoms with van der Waals surface area (Å²) in [6, 6.07) is 14.9. The molecule has 1 aromatic heterocycles. The van der Waals surface area contributed by atoms with E-state index in [4.69, 9.17) is 32.7 Å². The maximum Gasteiger partial charge on any atom is 0.323 e. The van der Waals surface area contributed by atoms with Gasteiger partial charge in [0.15, 0.2) is 5.75 Å². The lowest BCUT2D eigenvalue weighted by molar-refractivity contribution is 0.262. The number of para-hydroxylation sites is 1. The molecule has 6 nitrogen and oxygen atoms in total. The largest absolute Gasteiger partial charge is 0.497 e. The van der Waals surface area contributed by atoms with Gasteiger partial charge in [-0.15, -0.1) is 0 Å². The van der Waals surface area contributed by atoms with Crippen molar-refractivity contribution in [2.45, 2.75) is 0 Å². The summed E-state index contributed by atoms with van der Waals surface area (Å²) in [6.45, 7) is 0. The van der Waals surface area contributed by atoms with E-state index in [1.807, 2.05) is 0 Å². The van der Waals surface area contributed by atoms with Gasteiger partial charge in [0.25, 0.3) is 0 Å². The van der Waals surface area contributed by atoms with Crippen LogP contribution in [0.25, 0.3) is 0 Å². The van der Waals surface area contributed by atoms with Crippen molar-refractivity contribution < 1.29 is 14.3 Å². The lowest BCUT2D eigenvalue weighted by Crippen LogP contribution is -2.19. The number of anilines is 2. The summed E-state index contributed by atoms with van der Waals surface area (Å²) in [5.74, 6) is 1.27. The molecule has 8 heteroatoms. The van der Waals surface area contributed by atoms with Gasteiger partial charge in [0.05, 0.1) is 29.0 Å². The number of hydrogen-bond acceptors (Lipinski definition) is 4. The Kier molecular flexibility index (Phi) is 6.01. The zero-order chi connectivity index (χ0) is 19.2. The molecule has 2 amide bonds. The lowest BCUT2D eigenvalue weighted by atomic mass is 10.3. The predicted octanol–water partition coefficient (Wildman–Crippen LogP) is 5.83. The van der Waals surface area contributed by atoms with E-state index in [0.717, 1.165) is 0 Å². The average molecular weight is 404 g/mol. The maximum atomic E-state index is 12.1. The molecule has 3 aromatic rings. The molecule has 0 unspecified atom stereocenters. The van der Waals surface area contributed by atoms with Crippen LogP contribution in [0.3, 0.4) is 0 Å². The van der Waals surface area contributed by atoms with Gasteiger partial charge in [0.2, 0.25) is 5.88 Å². The van der Waals surface area contributed by atoms with Crippen LogP contribution in [0.5, 0.6) is 17.4 Å². The minimum Gasteiger partial charge on any atom is -0.497 e. The number of hydrogen-bond donors (Lipinski definition) is 2. The van der Waals surface area contributed by atoms with Crippen LogP contribution in [0.4, 0.5) is 16.2 Å². The van der Waals surface area contributed by atoms with Crippen molar-refractivity contribution in [1.29, 1.82) is 0 Å². The minimum absolute atomic E-state index is 0.295. The third-order valence-electron chi connectivity index (χ3n) is 3.45. The highest BCUT2D eigenvalue weighted by Crippen LogP contribution is 2.35. The van der Waals surface area contributed by atoms with E-state index in [-0.39, 0.29) is 0 Å². The van der Waals surface area contributed by atoms with Gasteiger partial charge in [-0.25, -0.2) is 9.78 Å². The van der Waals surface area contributed by atoms with Crippen LogP contribution in [0, 0.1) is 0 Å². The van der Waals surface area contributed by atoms with Gasteiger partial charge in [0.1, 0.15) is 5.75 Å². The second kappa shape index (κ2) is 8.62. The molecule has 0 saturated heterocycles. The quantitative estimate of drug-likeness (QED) is 0.561. The number of rotatable bonds is 5. The molecular weight excluding hydrogens is 389 g/mol. The van der Waals surface area contributed by atoms with Crippen molar-refractivity contribution >= 4 is 40.6 Å². The fraction of sp³-hybridized carbons (Fsp3) is 0.0526. The summed E-state index contributed by atoms with van der Waals surface area (Å²) < 4.78 is 10.7. The Bertz CT molecular complexity index is 929. The number of nitrogens with one attached hydrogen (secondary N) is 2. The molecule has 0 bridgehead atoms. The number of carbonyl (C=O) groups excluding carboxylic acids is 1. The summed E-state index contributed by atoms with van der Waals surface area (Å²) in [5.41, 5.74) is 1.10. The molecule has 27 heavy (non-hydrogen) atoms. The number of aromatic nitrogens is 1. The van der Waals surface area contributed by atoms with Crippen molar-refractivity contribution in [3.8, 4) is 17.4 Å². The standard InChI is InChI=1S/C19H15Cl2N3O3/c1-26-14-5-2-4-12(10-14)23-19(25)24-13-8-9-17(22-11-13)27-18-15(20)6-3-7-16(18)21/h2-11H,1H3,(H2,23,24,25). The van der Waals surface area contributed by atoms with Crippen LogP contribution >= 0.6 is 23.2 Å². The van der Waals surface area contributed by atoms with E-state index in [9.17, 15) is 4.79 Å². The first-order valence-electron chi connectivity index (χ1n) is 7.85. The van der Waals surface area contributed by atoms with E-state index < -0.39 is 6.03 Å². The highest BCUT2D eigenvalue weighted by molar-refractivity contribution is 6.37. The molecule has 0 fully saturated rings. The van der Waals surface area contributed by atoms with Gasteiger partial charge in [-0.05, 0) is 30.3 Å². The summed E-state index contributed by atoms with van der Waals surface area (Å²) in [6.07, 6.45) is 1.46. The van der Waals surface area contributed by atoms with Crippen LogP contribution in [0.1, 0.15) is 0 Å². The molecule has 2 N–H and O–H groups in total. The van der Waals surface area contributed by atoms with Gasteiger partial charge in [-0.1, -0.05) is 35.3 Å². The topological polar surface area (TPSA) is 72.5 Å². The number of halogens is 2. The SMILES string of the molecule is COc1cccc(NC(=O)Nc2ccc(Oc3c(Cl)cccc3Cl)nc2)c1. The van der Waals surface area contributed by atoms with Gasteiger partial charge < -0.3 is 20.1 Å². The highest BCUT2D eigenvalue weighted by Gasteiger charge is 2.09. The summed E-state index contributed by atoms with van der Waals surface area (Å²) in [7, 11) is 1.56. The molecule has 2 aromatic carbocycles. The fourth-order valence-corrected chi connectivity index (χ4v) is 2.67. The second-order valence-corrected chi connectivity index (χ2v) is 6.16. The zero-order valence-corrected chi connectivity index (χ0v) is 15.7. The summed E-state index contributed by atoms with van der Waals surface area (Å²) >= 11 is 12.1. The van der Waals surface area contributed by atoms with Crippen LogP contribution < -0.4 is 20.1 Å². The third-order valence-corrected chi connectivity index (χ3v) is 4.04. The van der Waals surface area contributed by atoms with E-state index in [0.29, 0.717) is 38.8 Å². The number of benzene rings is 2. The van der Waals surface area contributed by atoms with E-state index in [1.54, 1.807) is 61.7 Å². The number of methoxy groups -OCH3 is 1. The number of ether oxygens (including phenoxy) is 2. The molecule has 0 aliphatic carbocycles. The minimum atomic E-state index is -0.409.